The van der Waals surface area contributed by atoms with Gasteiger partial charge in [-0.05, 0) is 40.2 Å². The third kappa shape index (κ3) is 3.23. The minimum absolute atomic E-state index is 0.247. The maximum absolute atomic E-state index is 9.46. The first-order valence-electron chi connectivity index (χ1n) is 8.54. The van der Waals surface area contributed by atoms with Gasteiger partial charge in [0.1, 0.15) is 18.1 Å². The number of benzene rings is 2. The van der Waals surface area contributed by atoms with Crippen molar-refractivity contribution in [3.8, 4) is 11.5 Å². The molecule has 2 aromatic carbocycles. The van der Waals surface area contributed by atoms with E-state index in [9.17, 15) is 5.11 Å². The summed E-state index contributed by atoms with van der Waals surface area (Å²) >= 11 is 3.54. The lowest BCUT2D eigenvalue weighted by Crippen LogP contribution is -2.09. The molecule has 9 heteroatoms. The van der Waals surface area contributed by atoms with Crippen LogP contribution in [0.2, 0.25) is 0 Å². The van der Waals surface area contributed by atoms with E-state index in [1.54, 1.807) is 18.7 Å². The third-order valence-corrected chi connectivity index (χ3v) is 5.01. The molecule has 0 unspecified atom stereocenters. The van der Waals surface area contributed by atoms with Crippen molar-refractivity contribution in [3.05, 3.63) is 52.3 Å². The number of nitrogens with zero attached hydrogens (tertiary/aromatic N) is 4. The van der Waals surface area contributed by atoms with Crippen molar-refractivity contribution in [2.45, 2.75) is 13.2 Å². The van der Waals surface area contributed by atoms with E-state index in [-0.39, 0.29) is 6.61 Å². The van der Waals surface area contributed by atoms with E-state index < -0.39 is 0 Å². The van der Waals surface area contributed by atoms with Crippen LogP contribution in [0.3, 0.4) is 0 Å². The van der Waals surface area contributed by atoms with E-state index in [4.69, 9.17) is 14.5 Å². The van der Waals surface area contributed by atoms with Crippen molar-refractivity contribution in [1.29, 1.82) is 0 Å². The quantitative estimate of drug-likeness (QED) is 0.472. The fraction of sp³-hybridized carbons (Fsp3) is 0.211. The molecule has 0 amide bonds. The minimum atomic E-state index is -0.247. The number of para-hydroxylation sites is 1. The summed E-state index contributed by atoms with van der Waals surface area (Å²) in [5.41, 5.74) is 2.32. The zero-order valence-corrected chi connectivity index (χ0v) is 16.9. The summed E-state index contributed by atoms with van der Waals surface area (Å²) in [4.78, 5) is 9.14. The predicted molar refractivity (Wildman–Crippen MR) is 109 cm³/mol. The van der Waals surface area contributed by atoms with E-state index >= 15 is 0 Å². The monoisotopic (exact) mass is 443 g/mol. The number of aliphatic hydroxyl groups excluding tert-OH is 1. The smallest absolute Gasteiger partial charge is 0.226 e. The van der Waals surface area contributed by atoms with Crippen molar-refractivity contribution in [1.82, 2.24) is 19.6 Å². The lowest BCUT2D eigenvalue weighted by atomic mass is 10.2. The number of methoxy groups -OCH3 is 2. The summed E-state index contributed by atoms with van der Waals surface area (Å²) in [6.45, 7) is 0.211. The molecular formula is C19H18BrN5O3. The molecule has 0 bridgehead atoms. The lowest BCUT2D eigenvalue weighted by Gasteiger charge is -2.13. The van der Waals surface area contributed by atoms with Crippen LogP contribution in [0, 0.1) is 0 Å². The van der Waals surface area contributed by atoms with E-state index in [0.29, 0.717) is 29.7 Å². The van der Waals surface area contributed by atoms with Gasteiger partial charge in [-0.15, -0.1) is 5.10 Å². The van der Waals surface area contributed by atoms with Crippen LogP contribution in [0.1, 0.15) is 11.4 Å². The van der Waals surface area contributed by atoms with Gasteiger partial charge in [-0.1, -0.05) is 6.07 Å². The summed E-state index contributed by atoms with van der Waals surface area (Å²) in [7, 11) is 3.23. The van der Waals surface area contributed by atoms with Gasteiger partial charge in [0.2, 0.25) is 5.95 Å². The second-order valence-corrected chi connectivity index (χ2v) is 6.88. The Morgan fingerprint density at radius 2 is 2.00 bits per heavy atom. The molecule has 8 nitrogen and oxygen atoms in total. The average Bonchev–Trinajstić information content (AvgIpc) is 3.17. The molecule has 0 fully saturated rings. The molecule has 28 heavy (non-hydrogen) atoms. The third-order valence-electron chi connectivity index (χ3n) is 4.37. The highest BCUT2D eigenvalue weighted by Crippen LogP contribution is 2.28. The van der Waals surface area contributed by atoms with Crippen LogP contribution in [-0.2, 0) is 13.2 Å². The number of aromatic nitrogens is 4. The van der Waals surface area contributed by atoms with Crippen molar-refractivity contribution in [2.24, 2.45) is 0 Å². The number of fused-ring (bicyclic) bond motifs is 3. The fourth-order valence-corrected chi connectivity index (χ4v) is 3.45. The second-order valence-electron chi connectivity index (χ2n) is 6.02. The van der Waals surface area contributed by atoms with Crippen LogP contribution < -0.4 is 14.8 Å². The first-order valence-corrected chi connectivity index (χ1v) is 9.33. The Balaban J connectivity index is 1.77. The SMILES string of the molecule is COc1ccc(CNc2nc3c(Br)cccc3c3nc(CO)nn23)c(OC)c1. The van der Waals surface area contributed by atoms with Gasteiger partial charge in [-0.25, -0.2) is 9.97 Å². The molecule has 2 heterocycles. The highest BCUT2D eigenvalue weighted by Gasteiger charge is 2.15. The molecule has 0 saturated heterocycles. The molecule has 0 aliphatic rings. The highest BCUT2D eigenvalue weighted by molar-refractivity contribution is 9.10. The predicted octanol–water partition coefficient (Wildman–Crippen LogP) is 3.16. The van der Waals surface area contributed by atoms with Crippen LogP contribution in [-0.4, -0.2) is 38.9 Å². The van der Waals surface area contributed by atoms with Gasteiger partial charge in [0.15, 0.2) is 11.5 Å². The van der Waals surface area contributed by atoms with Gasteiger partial charge in [0.25, 0.3) is 0 Å². The van der Waals surface area contributed by atoms with Crippen LogP contribution in [0.25, 0.3) is 16.6 Å². The molecule has 2 N–H and O–H groups in total. The number of anilines is 1. The van der Waals surface area contributed by atoms with Crippen LogP contribution in [0.4, 0.5) is 5.95 Å². The molecule has 0 atom stereocenters. The molecule has 0 radical (unpaired) electrons. The van der Waals surface area contributed by atoms with Crippen molar-refractivity contribution >= 4 is 38.4 Å². The van der Waals surface area contributed by atoms with E-state index in [0.717, 1.165) is 26.7 Å². The van der Waals surface area contributed by atoms with Gasteiger partial charge in [-0.2, -0.15) is 4.52 Å². The number of aliphatic hydroxyl groups is 1. The van der Waals surface area contributed by atoms with E-state index in [2.05, 4.69) is 31.3 Å². The summed E-state index contributed by atoms with van der Waals surface area (Å²) in [5.74, 6) is 2.28. The van der Waals surface area contributed by atoms with Crippen molar-refractivity contribution in [2.75, 3.05) is 19.5 Å². The molecule has 4 aromatic rings. The number of nitrogens with one attached hydrogen (secondary N) is 1. The fourth-order valence-electron chi connectivity index (χ4n) is 2.99. The highest BCUT2D eigenvalue weighted by atomic mass is 79.9. The molecule has 0 saturated carbocycles. The minimum Gasteiger partial charge on any atom is -0.497 e. The van der Waals surface area contributed by atoms with Crippen LogP contribution >= 0.6 is 15.9 Å². The summed E-state index contributed by atoms with van der Waals surface area (Å²) in [5, 5.41) is 18.0. The molecular weight excluding hydrogens is 426 g/mol. The number of halogens is 1. The average molecular weight is 444 g/mol. The first kappa shape index (κ1) is 18.5. The maximum atomic E-state index is 9.46. The molecule has 2 aromatic heterocycles. The topological polar surface area (TPSA) is 93.8 Å². The number of hydrogen-bond acceptors (Lipinski definition) is 7. The summed E-state index contributed by atoms with van der Waals surface area (Å²) < 4.78 is 13.2. The molecule has 0 spiro atoms. The van der Waals surface area contributed by atoms with Crippen LogP contribution in [0.5, 0.6) is 11.5 Å². The molecule has 0 aliphatic heterocycles. The summed E-state index contributed by atoms with van der Waals surface area (Å²) in [6, 6.07) is 11.4. The van der Waals surface area contributed by atoms with Gasteiger partial charge in [-0.3, -0.25) is 0 Å². The number of ether oxygens (including phenoxy) is 2. The Kier molecular flexibility index (Phi) is 5.01. The Morgan fingerprint density at radius 1 is 1.14 bits per heavy atom. The Morgan fingerprint density at radius 3 is 2.75 bits per heavy atom. The maximum Gasteiger partial charge on any atom is 0.226 e. The van der Waals surface area contributed by atoms with Gasteiger partial charge < -0.3 is 19.9 Å². The van der Waals surface area contributed by atoms with E-state index in [1.165, 1.54) is 0 Å². The van der Waals surface area contributed by atoms with Gasteiger partial charge >= 0.3 is 0 Å². The molecule has 0 aliphatic carbocycles. The van der Waals surface area contributed by atoms with Crippen molar-refractivity contribution in [3.63, 3.8) is 0 Å². The van der Waals surface area contributed by atoms with Gasteiger partial charge in [0, 0.05) is 28.0 Å². The normalized spacial score (nSPS) is 11.1. The lowest BCUT2D eigenvalue weighted by molar-refractivity contribution is 0.271. The molecule has 144 valence electrons. The number of rotatable bonds is 6. The van der Waals surface area contributed by atoms with Crippen molar-refractivity contribution < 1.29 is 14.6 Å². The van der Waals surface area contributed by atoms with Gasteiger partial charge in [0.05, 0.1) is 19.7 Å². The Labute approximate surface area is 169 Å². The Bertz CT molecular complexity index is 1160. The van der Waals surface area contributed by atoms with E-state index in [1.807, 2.05) is 36.4 Å². The molecule has 4 rings (SSSR count). The standard InChI is InChI=1S/C19H18BrN5O3/c1-27-12-7-6-11(15(8-12)28-2)9-21-19-23-17-13(4-3-5-14(17)20)18-22-16(10-26)24-25(18)19/h3-8,26H,9-10H2,1-2H3,(H,21,23). The Hall–Kier alpha value is -2.91. The first-order chi connectivity index (χ1) is 13.6. The number of hydrogen-bond donors (Lipinski definition) is 2. The largest absolute Gasteiger partial charge is 0.497 e. The zero-order valence-electron chi connectivity index (χ0n) is 15.3. The van der Waals surface area contributed by atoms with Crippen LogP contribution in [0.15, 0.2) is 40.9 Å². The second kappa shape index (κ2) is 7.61. The summed E-state index contributed by atoms with van der Waals surface area (Å²) in [6.07, 6.45) is 0. The zero-order chi connectivity index (χ0) is 19.7.